The van der Waals surface area contributed by atoms with Crippen molar-refractivity contribution in [2.24, 2.45) is 0 Å². The van der Waals surface area contributed by atoms with Crippen LogP contribution in [0, 0.1) is 11.6 Å². The fourth-order valence-electron chi connectivity index (χ4n) is 2.84. The SMILES string of the molecule is O=C1NCCN(C(=O)c2cc(F)cc(F)c2)[C@H]1Cc1ccccc1. The van der Waals surface area contributed by atoms with Crippen molar-refractivity contribution < 1.29 is 18.4 Å². The van der Waals surface area contributed by atoms with Gasteiger partial charge in [-0.15, -0.1) is 0 Å². The maximum absolute atomic E-state index is 13.4. The van der Waals surface area contributed by atoms with Crippen LogP contribution in [-0.4, -0.2) is 35.8 Å². The van der Waals surface area contributed by atoms with Gasteiger partial charge in [-0.05, 0) is 17.7 Å². The minimum Gasteiger partial charge on any atom is -0.353 e. The normalized spacial score (nSPS) is 17.5. The Bertz CT molecular complexity index is 745. The number of benzene rings is 2. The Morgan fingerprint density at radius 3 is 2.46 bits per heavy atom. The van der Waals surface area contributed by atoms with Crippen LogP contribution in [-0.2, 0) is 11.2 Å². The molecule has 2 amide bonds. The third kappa shape index (κ3) is 3.42. The van der Waals surface area contributed by atoms with Gasteiger partial charge < -0.3 is 10.2 Å². The lowest BCUT2D eigenvalue weighted by atomic mass is 10.0. The molecule has 1 heterocycles. The van der Waals surface area contributed by atoms with Crippen molar-refractivity contribution in [3.05, 3.63) is 71.3 Å². The first-order chi connectivity index (χ1) is 11.5. The number of piperazine rings is 1. The number of hydrogen-bond acceptors (Lipinski definition) is 2. The molecule has 1 atom stereocenters. The maximum Gasteiger partial charge on any atom is 0.254 e. The number of nitrogens with one attached hydrogen (secondary N) is 1. The Hall–Kier alpha value is -2.76. The summed E-state index contributed by atoms with van der Waals surface area (Å²) in [5.41, 5.74) is 0.808. The molecule has 2 aromatic rings. The first-order valence-corrected chi connectivity index (χ1v) is 7.63. The van der Waals surface area contributed by atoms with Gasteiger partial charge in [0, 0.05) is 31.1 Å². The summed E-state index contributed by atoms with van der Waals surface area (Å²) in [4.78, 5) is 26.3. The molecule has 1 fully saturated rings. The largest absolute Gasteiger partial charge is 0.353 e. The van der Waals surface area contributed by atoms with Gasteiger partial charge in [-0.3, -0.25) is 9.59 Å². The number of carbonyl (C=O) groups excluding carboxylic acids is 2. The van der Waals surface area contributed by atoms with E-state index in [0.29, 0.717) is 25.6 Å². The van der Waals surface area contributed by atoms with E-state index >= 15 is 0 Å². The average molecular weight is 330 g/mol. The molecule has 124 valence electrons. The van der Waals surface area contributed by atoms with Gasteiger partial charge in [-0.2, -0.15) is 0 Å². The van der Waals surface area contributed by atoms with Gasteiger partial charge in [-0.25, -0.2) is 8.78 Å². The first kappa shape index (κ1) is 16.1. The van der Waals surface area contributed by atoms with Gasteiger partial charge in [0.25, 0.3) is 5.91 Å². The molecule has 0 unspecified atom stereocenters. The Morgan fingerprint density at radius 2 is 1.79 bits per heavy atom. The number of amides is 2. The zero-order chi connectivity index (χ0) is 17.1. The Kier molecular flexibility index (Phi) is 4.55. The summed E-state index contributed by atoms with van der Waals surface area (Å²) in [6.07, 6.45) is 0.343. The summed E-state index contributed by atoms with van der Waals surface area (Å²) in [7, 11) is 0. The predicted molar refractivity (Wildman–Crippen MR) is 84.3 cm³/mol. The van der Waals surface area contributed by atoms with Crippen LogP contribution >= 0.6 is 0 Å². The Balaban J connectivity index is 1.88. The molecule has 0 aromatic heterocycles. The summed E-state index contributed by atoms with van der Waals surface area (Å²) in [6.45, 7) is 0.605. The van der Waals surface area contributed by atoms with Crippen LogP contribution in [0.5, 0.6) is 0 Å². The van der Waals surface area contributed by atoms with E-state index in [1.807, 2.05) is 30.3 Å². The van der Waals surface area contributed by atoms with Crippen molar-refractivity contribution in [2.75, 3.05) is 13.1 Å². The van der Waals surface area contributed by atoms with Gasteiger partial charge in [0.05, 0.1) is 0 Å². The zero-order valence-corrected chi connectivity index (χ0v) is 12.8. The zero-order valence-electron chi connectivity index (χ0n) is 12.8. The van der Waals surface area contributed by atoms with Crippen LogP contribution in [0.2, 0.25) is 0 Å². The van der Waals surface area contributed by atoms with Gasteiger partial charge in [0.1, 0.15) is 17.7 Å². The molecule has 1 aliphatic heterocycles. The molecule has 0 radical (unpaired) electrons. The fraction of sp³-hybridized carbons (Fsp3) is 0.222. The maximum atomic E-state index is 13.4. The van der Waals surface area contributed by atoms with Gasteiger partial charge in [-0.1, -0.05) is 30.3 Å². The monoisotopic (exact) mass is 330 g/mol. The highest BCUT2D eigenvalue weighted by atomic mass is 19.1. The van der Waals surface area contributed by atoms with Crippen LogP contribution in [0.25, 0.3) is 0 Å². The highest BCUT2D eigenvalue weighted by Gasteiger charge is 2.33. The number of nitrogens with zero attached hydrogens (tertiary/aromatic N) is 1. The minimum atomic E-state index is -0.820. The van der Waals surface area contributed by atoms with Crippen molar-refractivity contribution in [1.29, 1.82) is 0 Å². The summed E-state index contributed by atoms with van der Waals surface area (Å²) >= 11 is 0. The molecule has 0 saturated carbocycles. The molecule has 1 aliphatic rings. The van der Waals surface area contributed by atoms with Crippen LogP contribution in [0.4, 0.5) is 8.78 Å². The third-order valence-corrected chi connectivity index (χ3v) is 3.97. The molecule has 24 heavy (non-hydrogen) atoms. The highest BCUT2D eigenvalue weighted by molar-refractivity contribution is 5.98. The summed E-state index contributed by atoms with van der Waals surface area (Å²) < 4.78 is 26.8. The van der Waals surface area contributed by atoms with Gasteiger partial charge in [0.2, 0.25) is 5.91 Å². The predicted octanol–water partition coefficient (Wildman–Crippen LogP) is 2.15. The fourth-order valence-corrected chi connectivity index (χ4v) is 2.84. The minimum absolute atomic E-state index is 0.0970. The van der Waals surface area contributed by atoms with E-state index < -0.39 is 23.6 Å². The molecule has 2 aromatic carbocycles. The second kappa shape index (κ2) is 6.78. The van der Waals surface area contributed by atoms with Crippen LogP contribution in [0.1, 0.15) is 15.9 Å². The number of carbonyl (C=O) groups is 2. The van der Waals surface area contributed by atoms with Crippen molar-refractivity contribution in [3.63, 3.8) is 0 Å². The molecule has 4 nitrogen and oxygen atoms in total. The van der Waals surface area contributed by atoms with Gasteiger partial charge >= 0.3 is 0 Å². The van der Waals surface area contributed by atoms with E-state index in [4.69, 9.17) is 0 Å². The lowest BCUT2D eigenvalue weighted by Crippen LogP contribution is -2.58. The second-order valence-corrected chi connectivity index (χ2v) is 5.65. The van der Waals surface area contributed by atoms with Crippen molar-refractivity contribution in [2.45, 2.75) is 12.5 Å². The van der Waals surface area contributed by atoms with Crippen molar-refractivity contribution >= 4 is 11.8 Å². The summed E-state index contributed by atoms with van der Waals surface area (Å²) in [6, 6.07) is 11.3. The molecule has 3 rings (SSSR count). The molecule has 0 aliphatic carbocycles. The standard InChI is InChI=1S/C18H16F2N2O2/c19-14-9-13(10-15(20)11-14)18(24)22-7-6-21-17(23)16(22)8-12-4-2-1-3-5-12/h1-5,9-11,16H,6-8H2,(H,21,23)/t16-/m0/s1. The van der Waals surface area contributed by atoms with E-state index in [0.717, 1.165) is 17.7 Å². The second-order valence-electron chi connectivity index (χ2n) is 5.65. The van der Waals surface area contributed by atoms with Crippen molar-refractivity contribution in [3.8, 4) is 0 Å². The molecular formula is C18H16F2N2O2. The molecular weight excluding hydrogens is 314 g/mol. The summed E-state index contributed by atoms with van der Waals surface area (Å²) in [5, 5.41) is 2.73. The Morgan fingerprint density at radius 1 is 1.12 bits per heavy atom. The summed E-state index contributed by atoms with van der Waals surface area (Å²) in [5.74, 6) is -2.46. The van der Waals surface area contributed by atoms with Crippen LogP contribution < -0.4 is 5.32 Å². The quantitative estimate of drug-likeness (QED) is 0.937. The molecule has 1 N–H and O–H groups in total. The molecule has 0 bridgehead atoms. The van der Waals surface area contributed by atoms with Crippen molar-refractivity contribution in [1.82, 2.24) is 10.2 Å². The topological polar surface area (TPSA) is 49.4 Å². The number of halogens is 2. The number of rotatable bonds is 3. The molecule has 1 saturated heterocycles. The van der Waals surface area contributed by atoms with E-state index in [9.17, 15) is 18.4 Å². The van der Waals surface area contributed by atoms with E-state index in [-0.39, 0.29) is 11.5 Å². The van der Waals surface area contributed by atoms with E-state index in [1.165, 1.54) is 4.90 Å². The lowest BCUT2D eigenvalue weighted by Gasteiger charge is -2.35. The van der Waals surface area contributed by atoms with Crippen LogP contribution in [0.15, 0.2) is 48.5 Å². The highest BCUT2D eigenvalue weighted by Crippen LogP contribution is 2.17. The first-order valence-electron chi connectivity index (χ1n) is 7.63. The lowest BCUT2D eigenvalue weighted by molar-refractivity contribution is -0.127. The Labute approximate surface area is 138 Å². The number of hydrogen-bond donors (Lipinski definition) is 1. The molecule has 0 spiro atoms. The van der Waals surface area contributed by atoms with Crippen LogP contribution in [0.3, 0.4) is 0 Å². The molecule has 6 heteroatoms. The third-order valence-electron chi connectivity index (χ3n) is 3.97. The van der Waals surface area contributed by atoms with E-state index in [1.54, 1.807) is 0 Å². The average Bonchev–Trinajstić information content (AvgIpc) is 2.56. The van der Waals surface area contributed by atoms with Gasteiger partial charge in [0.15, 0.2) is 0 Å². The smallest absolute Gasteiger partial charge is 0.254 e. The van der Waals surface area contributed by atoms with E-state index in [2.05, 4.69) is 5.32 Å².